The Morgan fingerprint density at radius 2 is 2.10 bits per heavy atom. The number of aliphatic hydroxyl groups excluding tert-OH is 1. The summed E-state index contributed by atoms with van der Waals surface area (Å²) in [6, 6.07) is 0. The molecule has 0 radical (unpaired) electrons. The number of hydrogen-bond donors (Lipinski definition) is 1. The van der Waals surface area contributed by atoms with E-state index in [1.54, 1.807) is 0 Å². The molecule has 0 amide bonds. The van der Waals surface area contributed by atoms with Crippen LogP contribution in [0, 0.1) is 5.92 Å². The molecule has 1 fully saturated rings. The Kier molecular flexibility index (Phi) is 3.09. The van der Waals surface area contributed by atoms with Crippen molar-refractivity contribution in [3.63, 3.8) is 0 Å². The quantitative estimate of drug-likeness (QED) is 0.594. The highest BCUT2D eigenvalue weighted by Gasteiger charge is 2.22. The lowest BCUT2D eigenvalue weighted by Gasteiger charge is -2.13. The van der Waals surface area contributed by atoms with Gasteiger partial charge in [-0.1, -0.05) is 0 Å². The second-order valence-corrected chi connectivity index (χ2v) is 2.65. The Labute approximate surface area is 60.0 Å². The number of ether oxygens (including phenoxy) is 1. The lowest BCUT2D eigenvalue weighted by atomic mass is 10.0. The van der Waals surface area contributed by atoms with Crippen LogP contribution in [0.2, 0.25) is 0 Å². The number of hydrogen-bond acceptors (Lipinski definition) is 2. The van der Waals surface area contributed by atoms with Crippen molar-refractivity contribution in [2.75, 3.05) is 19.8 Å². The predicted octanol–water partition coefficient (Wildman–Crippen LogP) is 0.743. The van der Waals surface area contributed by atoms with Gasteiger partial charge in [0.15, 0.2) is 0 Å². The summed E-state index contributed by atoms with van der Waals surface area (Å²) < 4.78 is 17.9. The molecule has 2 nitrogen and oxygen atoms in total. The summed E-state index contributed by atoms with van der Waals surface area (Å²) in [6.07, 6.45) is 0.218. The average Bonchev–Trinajstić information content (AvgIpc) is 2.13. The molecule has 0 aromatic carbocycles. The normalized spacial score (nSPS) is 35.4. The van der Waals surface area contributed by atoms with E-state index in [-0.39, 0.29) is 12.5 Å². The smallest absolute Gasteiger partial charge is 0.107 e. The minimum atomic E-state index is -0.868. The third-order valence-electron chi connectivity index (χ3n) is 1.92. The molecule has 1 rings (SSSR count). The van der Waals surface area contributed by atoms with Gasteiger partial charge in [0.2, 0.25) is 0 Å². The van der Waals surface area contributed by atoms with Crippen LogP contribution >= 0.6 is 0 Å². The highest BCUT2D eigenvalue weighted by Crippen LogP contribution is 2.18. The maximum Gasteiger partial charge on any atom is 0.107 e. The molecule has 0 aromatic heterocycles. The zero-order valence-electron chi connectivity index (χ0n) is 5.92. The minimum absolute atomic E-state index is 0.0511. The van der Waals surface area contributed by atoms with Crippen LogP contribution in [0.3, 0.4) is 0 Å². The van der Waals surface area contributed by atoms with Gasteiger partial charge in [0.05, 0.1) is 0 Å². The molecular formula is C7H13FO2. The maximum absolute atomic E-state index is 12.9. The molecule has 0 spiro atoms. The van der Waals surface area contributed by atoms with E-state index in [0.717, 1.165) is 0 Å². The lowest BCUT2D eigenvalue weighted by Crippen LogP contribution is -2.19. The summed E-state index contributed by atoms with van der Waals surface area (Å²) >= 11 is 0. The van der Waals surface area contributed by atoms with E-state index in [9.17, 15) is 4.39 Å². The van der Waals surface area contributed by atoms with Gasteiger partial charge >= 0.3 is 0 Å². The Morgan fingerprint density at radius 3 is 2.80 bits per heavy atom. The SMILES string of the molecule is OC[C@H]1CCOCC[C@H]1F. The van der Waals surface area contributed by atoms with E-state index in [1.807, 2.05) is 0 Å². The Hall–Kier alpha value is -0.150. The fourth-order valence-electron chi connectivity index (χ4n) is 1.15. The highest BCUT2D eigenvalue weighted by molar-refractivity contribution is 4.70. The van der Waals surface area contributed by atoms with Crippen LogP contribution in [0.1, 0.15) is 12.8 Å². The summed E-state index contributed by atoms with van der Waals surface area (Å²) in [4.78, 5) is 0. The molecule has 0 saturated carbocycles. The highest BCUT2D eigenvalue weighted by atomic mass is 19.1. The van der Waals surface area contributed by atoms with Gasteiger partial charge in [-0.2, -0.15) is 0 Å². The number of halogens is 1. The van der Waals surface area contributed by atoms with Crippen molar-refractivity contribution >= 4 is 0 Å². The van der Waals surface area contributed by atoms with Gasteiger partial charge < -0.3 is 9.84 Å². The monoisotopic (exact) mass is 148 g/mol. The third kappa shape index (κ3) is 1.92. The summed E-state index contributed by atoms with van der Waals surface area (Å²) in [5, 5.41) is 8.69. The zero-order valence-corrected chi connectivity index (χ0v) is 5.92. The molecule has 1 saturated heterocycles. The second kappa shape index (κ2) is 3.88. The predicted molar refractivity (Wildman–Crippen MR) is 35.5 cm³/mol. The van der Waals surface area contributed by atoms with E-state index < -0.39 is 6.17 Å². The molecule has 1 aliphatic heterocycles. The van der Waals surface area contributed by atoms with Gasteiger partial charge in [0.25, 0.3) is 0 Å². The zero-order chi connectivity index (χ0) is 7.40. The maximum atomic E-state index is 12.9. The van der Waals surface area contributed by atoms with E-state index in [4.69, 9.17) is 9.84 Å². The molecule has 0 aromatic rings. The van der Waals surface area contributed by atoms with Gasteiger partial charge in [-0.15, -0.1) is 0 Å². The molecule has 1 N–H and O–H groups in total. The van der Waals surface area contributed by atoms with E-state index in [0.29, 0.717) is 26.1 Å². The van der Waals surface area contributed by atoms with Crippen LogP contribution in [0.15, 0.2) is 0 Å². The van der Waals surface area contributed by atoms with Crippen LogP contribution in [-0.2, 0) is 4.74 Å². The van der Waals surface area contributed by atoms with Crippen molar-refractivity contribution in [2.24, 2.45) is 5.92 Å². The van der Waals surface area contributed by atoms with Crippen molar-refractivity contribution in [3.05, 3.63) is 0 Å². The van der Waals surface area contributed by atoms with Gasteiger partial charge in [-0.05, 0) is 6.42 Å². The Balaban J connectivity index is 2.35. The van der Waals surface area contributed by atoms with Crippen LogP contribution in [0.5, 0.6) is 0 Å². The first-order valence-electron chi connectivity index (χ1n) is 3.67. The summed E-state index contributed by atoms with van der Waals surface area (Å²) in [5.74, 6) is -0.192. The minimum Gasteiger partial charge on any atom is -0.396 e. The van der Waals surface area contributed by atoms with Crippen LogP contribution < -0.4 is 0 Å². The fourth-order valence-corrected chi connectivity index (χ4v) is 1.15. The second-order valence-electron chi connectivity index (χ2n) is 2.65. The van der Waals surface area contributed by atoms with Gasteiger partial charge in [-0.3, -0.25) is 0 Å². The fraction of sp³-hybridized carbons (Fsp3) is 1.00. The van der Waals surface area contributed by atoms with Crippen LogP contribution in [0.4, 0.5) is 4.39 Å². The van der Waals surface area contributed by atoms with Gasteiger partial charge in [0.1, 0.15) is 6.17 Å². The van der Waals surface area contributed by atoms with Crippen LogP contribution in [0.25, 0.3) is 0 Å². The molecule has 60 valence electrons. The van der Waals surface area contributed by atoms with E-state index in [2.05, 4.69) is 0 Å². The van der Waals surface area contributed by atoms with Crippen LogP contribution in [-0.4, -0.2) is 31.1 Å². The number of aliphatic hydroxyl groups is 1. The van der Waals surface area contributed by atoms with Gasteiger partial charge in [0, 0.05) is 32.2 Å². The molecule has 10 heavy (non-hydrogen) atoms. The Morgan fingerprint density at radius 1 is 1.40 bits per heavy atom. The molecule has 0 unspecified atom stereocenters. The van der Waals surface area contributed by atoms with E-state index in [1.165, 1.54) is 0 Å². The molecule has 0 bridgehead atoms. The first-order valence-corrected chi connectivity index (χ1v) is 3.67. The Bertz CT molecular complexity index is 97.6. The van der Waals surface area contributed by atoms with E-state index >= 15 is 0 Å². The molecule has 2 atom stereocenters. The third-order valence-corrected chi connectivity index (χ3v) is 1.92. The summed E-state index contributed by atoms with van der Waals surface area (Å²) in [5.41, 5.74) is 0. The number of alkyl halides is 1. The van der Waals surface area contributed by atoms with Crippen molar-refractivity contribution in [3.8, 4) is 0 Å². The number of rotatable bonds is 1. The average molecular weight is 148 g/mol. The van der Waals surface area contributed by atoms with Crippen molar-refractivity contribution < 1.29 is 14.2 Å². The molecule has 1 heterocycles. The van der Waals surface area contributed by atoms with Gasteiger partial charge in [-0.25, -0.2) is 4.39 Å². The first kappa shape index (κ1) is 7.95. The molecular weight excluding hydrogens is 135 g/mol. The van der Waals surface area contributed by atoms with Crippen molar-refractivity contribution in [2.45, 2.75) is 19.0 Å². The molecule has 3 heteroatoms. The lowest BCUT2D eigenvalue weighted by molar-refractivity contribution is 0.132. The first-order chi connectivity index (χ1) is 4.84. The standard InChI is InChI=1S/C7H13FO2/c8-7-2-4-10-3-1-6(7)5-9/h6-7,9H,1-5H2/t6-,7-/m1/s1. The molecule has 0 aliphatic carbocycles. The van der Waals surface area contributed by atoms with Crippen molar-refractivity contribution in [1.82, 2.24) is 0 Å². The summed E-state index contributed by atoms with van der Waals surface area (Å²) in [6.45, 7) is 1.04. The largest absolute Gasteiger partial charge is 0.396 e. The van der Waals surface area contributed by atoms with Crippen molar-refractivity contribution in [1.29, 1.82) is 0 Å². The molecule has 1 aliphatic rings. The topological polar surface area (TPSA) is 29.5 Å². The summed E-state index contributed by atoms with van der Waals surface area (Å²) in [7, 11) is 0.